The van der Waals surface area contributed by atoms with E-state index in [0.29, 0.717) is 68.4 Å². The van der Waals surface area contributed by atoms with Crippen LogP contribution in [0.1, 0.15) is 38.9 Å². The number of para-hydroxylation sites is 1. The molecule has 7 aromatic carbocycles. The summed E-state index contributed by atoms with van der Waals surface area (Å²) < 4.78 is 37.5. The number of thiol groups is 1. The molecule has 0 radical (unpaired) electrons. The van der Waals surface area contributed by atoms with E-state index in [1.54, 1.807) is 0 Å². The lowest BCUT2D eigenvalue weighted by Gasteiger charge is -2.15. The zero-order chi connectivity index (χ0) is 38.2. The van der Waals surface area contributed by atoms with Gasteiger partial charge in [0.2, 0.25) is 0 Å². The summed E-state index contributed by atoms with van der Waals surface area (Å²) in [4.78, 5) is 0. The molecule has 0 bridgehead atoms. The highest BCUT2D eigenvalue weighted by molar-refractivity contribution is 7.79. The fraction of sp³-hybridized carbons (Fsp3) is 0.143. The molecular formula is C49H44O6S. The van der Waals surface area contributed by atoms with Gasteiger partial charge in [0.05, 0.1) is 0 Å². The first-order chi connectivity index (χ1) is 27.6. The molecule has 0 fully saturated rings. The van der Waals surface area contributed by atoms with Gasteiger partial charge in [-0.15, -0.1) is 0 Å². The van der Waals surface area contributed by atoms with Crippen LogP contribution in [0, 0.1) is 0 Å². The van der Waals surface area contributed by atoms with Crippen LogP contribution in [0.15, 0.2) is 176 Å². The molecule has 0 aromatic heterocycles. The molecule has 0 saturated carbocycles. The lowest BCUT2D eigenvalue weighted by atomic mass is 10.1. The number of hydrogen-bond acceptors (Lipinski definition) is 7. The van der Waals surface area contributed by atoms with Crippen LogP contribution in [0.4, 0.5) is 0 Å². The maximum atomic E-state index is 6.40. The minimum absolute atomic E-state index is 0.297. The molecule has 7 aromatic rings. The lowest BCUT2D eigenvalue weighted by molar-refractivity contribution is 0.277. The quantitative estimate of drug-likeness (QED) is 0.0829. The topological polar surface area (TPSA) is 55.4 Å². The minimum Gasteiger partial charge on any atom is -0.489 e. The molecule has 0 aliphatic carbocycles. The largest absolute Gasteiger partial charge is 0.489 e. The second kappa shape index (κ2) is 19.9. The Kier molecular flexibility index (Phi) is 13.5. The summed E-state index contributed by atoms with van der Waals surface area (Å²) in [5.41, 5.74) is 7.08. The zero-order valence-electron chi connectivity index (χ0n) is 31.1. The summed E-state index contributed by atoms with van der Waals surface area (Å²) in [5, 5.41) is 0. The van der Waals surface area contributed by atoms with Crippen LogP contribution in [-0.4, -0.2) is 0 Å². The molecule has 282 valence electrons. The molecule has 0 saturated heterocycles. The summed E-state index contributed by atoms with van der Waals surface area (Å²) in [5.74, 6) is 4.83. The first kappa shape index (κ1) is 38.0. The molecule has 0 unspecified atom stereocenters. The van der Waals surface area contributed by atoms with Gasteiger partial charge in [-0.2, -0.15) is 12.6 Å². The van der Waals surface area contributed by atoms with Gasteiger partial charge in [-0.1, -0.05) is 109 Å². The van der Waals surface area contributed by atoms with Crippen molar-refractivity contribution < 1.29 is 28.4 Å². The highest BCUT2D eigenvalue weighted by Crippen LogP contribution is 2.29. The highest BCUT2D eigenvalue weighted by atomic mass is 32.1. The first-order valence-electron chi connectivity index (χ1n) is 18.6. The standard InChI is InChI=1S/C49H44O6S/c56-36-43-26-48(54-34-41-21-40(33-50-44-19-11-4-12-20-44)22-45(23-41)51-30-37-13-5-1-6-14-37)29-49(27-43)55-35-42-24-46(52-31-38-15-7-2-8-16-38)28-47(25-42)53-32-39-17-9-3-10-18-39/h1-29,56H,30-36H2. The van der Waals surface area contributed by atoms with Crippen LogP contribution in [-0.2, 0) is 45.4 Å². The molecule has 6 nitrogen and oxygen atoms in total. The summed E-state index contributed by atoms with van der Waals surface area (Å²) >= 11 is 4.57. The van der Waals surface area contributed by atoms with Gasteiger partial charge in [0.25, 0.3) is 0 Å². The Morgan fingerprint density at radius 3 is 0.875 bits per heavy atom. The van der Waals surface area contributed by atoms with Crippen LogP contribution < -0.4 is 28.4 Å². The van der Waals surface area contributed by atoms with E-state index in [0.717, 1.165) is 50.4 Å². The Hall–Kier alpha value is -6.31. The third-order valence-electron chi connectivity index (χ3n) is 8.79. The SMILES string of the molecule is SCc1cc(OCc2cc(COc3ccccc3)cc(OCc3ccccc3)c2)cc(OCc2cc(OCc3ccccc3)cc(OCc3ccccc3)c2)c1. The predicted octanol–water partition coefficient (Wildman–Crippen LogP) is 11.6. The maximum absolute atomic E-state index is 6.40. The van der Waals surface area contributed by atoms with Gasteiger partial charge in [0.15, 0.2) is 0 Å². The smallest absolute Gasteiger partial charge is 0.123 e. The van der Waals surface area contributed by atoms with Crippen molar-refractivity contribution in [1.82, 2.24) is 0 Å². The van der Waals surface area contributed by atoms with E-state index < -0.39 is 0 Å². The number of ether oxygens (including phenoxy) is 6. The first-order valence-corrected chi connectivity index (χ1v) is 19.2. The summed E-state index contributed by atoms with van der Waals surface area (Å²) in [7, 11) is 0. The molecule has 7 heteroatoms. The Morgan fingerprint density at radius 1 is 0.250 bits per heavy atom. The van der Waals surface area contributed by atoms with Gasteiger partial charge in [-0.05, 0) is 93.5 Å². The van der Waals surface area contributed by atoms with E-state index in [1.165, 1.54) is 0 Å². The monoisotopic (exact) mass is 760 g/mol. The molecule has 0 aliphatic rings. The van der Waals surface area contributed by atoms with Crippen molar-refractivity contribution in [2.24, 2.45) is 0 Å². The van der Waals surface area contributed by atoms with Gasteiger partial charge in [-0.3, -0.25) is 0 Å². The molecule has 0 spiro atoms. The second-order valence-corrected chi connectivity index (χ2v) is 13.6. The van der Waals surface area contributed by atoms with Gasteiger partial charge in [-0.25, -0.2) is 0 Å². The summed E-state index contributed by atoms with van der Waals surface area (Å²) in [6, 6.07) is 58.0. The van der Waals surface area contributed by atoms with E-state index in [2.05, 4.69) is 30.8 Å². The molecule has 0 atom stereocenters. The average molecular weight is 761 g/mol. The van der Waals surface area contributed by atoms with Crippen molar-refractivity contribution >= 4 is 12.6 Å². The van der Waals surface area contributed by atoms with Crippen LogP contribution in [0.3, 0.4) is 0 Å². The molecule has 0 heterocycles. The highest BCUT2D eigenvalue weighted by Gasteiger charge is 2.10. The van der Waals surface area contributed by atoms with Crippen LogP contribution >= 0.6 is 12.6 Å². The van der Waals surface area contributed by atoms with Gasteiger partial charge in [0.1, 0.15) is 74.1 Å². The van der Waals surface area contributed by atoms with Crippen molar-refractivity contribution in [3.8, 4) is 34.5 Å². The fourth-order valence-corrected chi connectivity index (χ4v) is 6.17. The Morgan fingerprint density at radius 2 is 0.518 bits per heavy atom. The van der Waals surface area contributed by atoms with Crippen molar-refractivity contribution in [3.63, 3.8) is 0 Å². The van der Waals surface area contributed by atoms with Crippen LogP contribution in [0.5, 0.6) is 34.5 Å². The summed E-state index contributed by atoms with van der Waals surface area (Å²) in [6.07, 6.45) is 0. The van der Waals surface area contributed by atoms with Crippen molar-refractivity contribution in [3.05, 3.63) is 215 Å². The van der Waals surface area contributed by atoms with E-state index in [4.69, 9.17) is 28.4 Å². The number of hydrogen-bond donors (Lipinski definition) is 1. The average Bonchev–Trinajstić information content (AvgIpc) is 3.26. The molecule has 0 amide bonds. The van der Waals surface area contributed by atoms with Crippen LogP contribution in [0.2, 0.25) is 0 Å². The van der Waals surface area contributed by atoms with E-state index in [9.17, 15) is 0 Å². The molecule has 0 N–H and O–H groups in total. The van der Waals surface area contributed by atoms with Crippen molar-refractivity contribution in [1.29, 1.82) is 0 Å². The zero-order valence-corrected chi connectivity index (χ0v) is 32.0. The lowest BCUT2D eigenvalue weighted by Crippen LogP contribution is -2.03. The van der Waals surface area contributed by atoms with Crippen molar-refractivity contribution in [2.45, 2.75) is 45.4 Å². The van der Waals surface area contributed by atoms with Gasteiger partial charge in [0, 0.05) is 17.9 Å². The molecule has 0 aliphatic heterocycles. The Balaban J connectivity index is 1.04. The van der Waals surface area contributed by atoms with Gasteiger partial charge >= 0.3 is 0 Å². The van der Waals surface area contributed by atoms with E-state index in [1.807, 2.05) is 158 Å². The Bertz CT molecular complexity index is 1970. The maximum Gasteiger partial charge on any atom is 0.123 e. The van der Waals surface area contributed by atoms with Crippen molar-refractivity contribution in [2.75, 3.05) is 0 Å². The fourth-order valence-electron chi connectivity index (χ4n) is 5.99. The number of benzene rings is 7. The number of rotatable bonds is 19. The minimum atomic E-state index is 0.297. The Labute approximate surface area is 334 Å². The second-order valence-electron chi connectivity index (χ2n) is 13.3. The van der Waals surface area contributed by atoms with E-state index >= 15 is 0 Å². The molecule has 7 rings (SSSR count). The summed E-state index contributed by atoms with van der Waals surface area (Å²) in [6.45, 7) is 2.35. The van der Waals surface area contributed by atoms with E-state index in [-0.39, 0.29) is 0 Å². The third kappa shape index (κ3) is 11.8. The van der Waals surface area contributed by atoms with Crippen LogP contribution in [0.25, 0.3) is 0 Å². The normalized spacial score (nSPS) is 10.7. The van der Waals surface area contributed by atoms with Gasteiger partial charge < -0.3 is 28.4 Å². The molecule has 56 heavy (non-hydrogen) atoms. The third-order valence-corrected chi connectivity index (χ3v) is 9.16. The predicted molar refractivity (Wildman–Crippen MR) is 224 cm³/mol. The molecular weight excluding hydrogens is 717 g/mol.